The zero-order valence-electron chi connectivity index (χ0n) is 13.1. The lowest BCUT2D eigenvalue weighted by Gasteiger charge is -2.31. The highest BCUT2D eigenvalue weighted by Crippen LogP contribution is 2.20. The Balaban J connectivity index is 2.57. The summed E-state index contributed by atoms with van der Waals surface area (Å²) >= 11 is 0. The molecule has 1 rings (SSSR count). The molecule has 1 aromatic carbocycles. The van der Waals surface area contributed by atoms with Crippen molar-refractivity contribution in [3.63, 3.8) is 0 Å². The fraction of sp³-hybridized carbons (Fsp3) is 0.667. The smallest absolute Gasteiger partial charge is 0.0368 e. The molecule has 0 aliphatic carbocycles. The van der Waals surface area contributed by atoms with E-state index in [1.807, 2.05) is 0 Å². The molecule has 0 aromatic heterocycles. The summed E-state index contributed by atoms with van der Waals surface area (Å²) in [6.07, 6.45) is 9.30. The molecule has 0 N–H and O–H groups in total. The van der Waals surface area contributed by atoms with Crippen molar-refractivity contribution in [3.05, 3.63) is 30.3 Å². The van der Waals surface area contributed by atoms with E-state index in [1.54, 1.807) is 0 Å². The fourth-order valence-corrected chi connectivity index (χ4v) is 2.59. The van der Waals surface area contributed by atoms with E-state index < -0.39 is 0 Å². The van der Waals surface area contributed by atoms with E-state index in [-0.39, 0.29) is 0 Å². The molecule has 1 aromatic rings. The first-order valence-electron chi connectivity index (χ1n) is 8.11. The average molecular weight is 261 g/mol. The fourth-order valence-electron chi connectivity index (χ4n) is 2.59. The van der Waals surface area contributed by atoms with Gasteiger partial charge in [0.25, 0.3) is 0 Å². The lowest BCUT2D eigenvalue weighted by molar-refractivity contribution is 0.539. The minimum absolute atomic E-state index is 0.656. The van der Waals surface area contributed by atoms with Gasteiger partial charge in [0.1, 0.15) is 0 Å². The van der Waals surface area contributed by atoms with Crippen molar-refractivity contribution in [2.75, 3.05) is 11.4 Å². The summed E-state index contributed by atoms with van der Waals surface area (Å²) in [4.78, 5) is 2.60. The van der Waals surface area contributed by atoms with Gasteiger partial charge in [0.05, 0.1) is 0 Å². The van der Waals surface area contributed by atoms with Gasteiger partial charge in [-0.05, 0) is 31.9 Å². The van der Waals surface area contributed by atoms with Crippen LogP contribution in [-0.2, 0) is 0 Å². The molecule has 1 atom stereocenters. The molecular formula is C18H31N. The Hall–Kier alpha value is -0.980. The summed E-state index contributed by atoms with van der Waals surface area (Å²) in [5, 5.41) is 0. The summed E-state index contributed by atoms with van der Waals surface area (Å²) in [6, 6.07) is 11.6. The molecule has 0 saturated heterocycles. The van der Waals surface area contributed by atoms with Crippen molar-refractivity contribution < 1.29 is 0 Å². The van der Waals surface area contributed by atoms with Crippen molar-refractivity contribution >= 4 is 5.69 Å². The molecule has 0 bridgehead atoms. The second-order valence-electron chi connectivity index (χ2n) is 5.58. The van der Waals surface area contributed by atoms with E-state index in [2.05, 4.69) is 56.0 Å². The molecule has 0 fully saturated rings. The zero-order valence-corrected chi connectivity index (χ0v) is 13.1. The van der Waals surface area contributed by atoms with Gasteiger partial charge >= 0.3 is 0 Å². The van der Waals surface area contributed by atoms with Gasteiger partial charge in [0, 0.05) is 18.3 Å². The van der Waals surface area contributed by atoms with Gasteiger partial charge in [-0.1, -0.05) is 64.2 Å². The van der Waals surface area contributed by atoms with E-state index in [0.717, 1.165) is 0 Å². The minimum atomic E-state index is 0.656. The molecule has 0 amide bonds. The Labute approximate surface area is 120 Å². The third-order valence-electron chi connectivity index (χ3n) is 3.85. The summed E-state index contributed by atoms with van der Waals surface area (Å²) in [6.45, 7) is 8.14. The van der Waals surface area contributed by atoms with Crippen LogP contribution in [0.3, 0.4) is 0 Å². The SMILES string of the molecule is CCCCCCN(c1ccccc1)C(C)CCCC. The molecule has 0 heterocycles. The van der Waals surface area contributed by atoms with E-state index in [4.69, 9.17) is 0 Å². The van der Waals surface area contributed by atoms with Gasteiger partial charge in [0.2, 0.25) is 0 Å². The first-order valence-corrected chi connectivity index (χ1v) is 8.11. The average Bonchev–Trinajstić information content (AvgIpc) is 2.46. The molecule has 0 spiro atoms. The van der Waals surface area contributed by atoms with E-state index in [9.17, 15) is 0 Å². The van der Waals surface area contributed by atoms with Gasteiger partial charge in [-0.2, -0.15) is 0 Å². The molecule has 108 valence electrons. The molecular weight excluding hydrogens is 230 g/mol. The summed E-state index contributed by atoms with van der Waals surface area (Å²) in [7, 11) is 0. The van der Waals surface area contributed by atoms with Gasteiger partial charge in [-0.15, -0.1) is 0 Å². The molecule has 19 heavy (non-hydrogen) atoms. The second-order valence-corrected chi connectivity index (χ2v) is 5.58. The topological polar surface area (TPSA) is 3.24 Å². The number of nitrogens with zero attached hydrogens (tertiary/aromatic N) is 1. The number of hydrogen-bond acceptors (Lipinski definition) is 1. The second kappa shape index (κ2) is 9.89. The summed E-state index contributed by atoms with van der Waals surface area (Å²) < 4.78 is 0. The van der Waals surface area contributed by atoms with Crippen LogP contribution in [0.1, 0.15) is 65.7 Å². The van der Waals surface area contributed by atoms with Crippen LogP contribution < -0.4 is 4.90 Å². The number of para-hydroxylation sites is 1. The highest BCUT2D eigenvalue weighted by molar-refractivity contribution is 5.46. The Bertz CT molecular complexity index is 307. The van der Waals surface area contributed by atoms with E-state index >= 15 is 0 Å². The molecule has 0 radical (unpaired) electrons. The van der Waals surface area contributed by atoms with Crippen LogP contribution in [0, 0.1) is 0 Å². The monoisotopic (exact) mass is 261 g/mol. The van der Waals surface area contributed by atoms with Crippen LogP contribution >= 0.6 is 0 Å². The first-order chi connectivity index (χ1) is 9.29. The van der Waals surface area contributed by atoms with Gasteiger partial charge in [0.15, 0.2) is 0 Å². The quantitative estimate of drug-likeness (QED) is 0.492. The Morgan fingerprint density at radius 3 is 2.21 bits per heavy atom. The maximum Gasteiger partial charge on any atom is 0.0368 e. The van der Waals surface area contributed by atoms with Crippen molar-refractivity contribution in [1.29, 1.82) is 0 Å². The summed E-state index contributed by atoms with van der Waals surface area (Å²) in [5.74, 6) is 0. The lowest BCUT2D eigenvalue weighted by atomic mass is 10.1. The van der Waals surface area contributed by atoms with Crippen LogP contribution in [0.4, 0.5) is 5.69 Å². The van der Waals surface area contributed by atoms with E-state index in [1.165, 1.54) is 57.2 Å². The van der Waals surface area contributed by atoms with E-state index in [0.29, 0.717) is 6.04 Å². The van der Waals surface area contributed by atoms with Crippen LogP contribution in [0.2, 0.25) is 0 Å². The Morgan fingerprint density at radius 1 is 0.895 bits per heavy atom. The normalized spacial score (nSPS) is 12.4. The molecule has 1 heteroatoms. The largest absolute Gasteiger partial charge is 0.369 e. The minimum Gasteiger partial charge on any atom is -0.369 e. The van der Waals surface area contributed by atoms with Crippen molar-refractivity contribution in [2.45, 2.75) is 71.8 Å². The van der Waals surface area contributed by atoms with Crippen LogP contribution in [-0.4, -0.2) is 12.6 Å². The number of rotatable bonds is 10. The zero-order chi connectivity index (χ0) is 13.9. The number of unbranched alkanes of at least 4 members (excludes halogenated alkanes) is 4. The predicted octanol–water partition coefficient (Wildman–Crippen LogP) is 5.65. The Morgan fingerprint density at radius 2 is 1.58 bits per heavy atom. The van der Waals surface area contributed by atoms with Gasteiger partial charge in [-0.25, -0.2) is 0 Å². The third-order valence-corrected chi connectivity index (χ3v) is 3.85. The van der Waals surface area contributed by atoms with Crippen molar-refractivity contribution in [3.8, 4) is 0 Å². The maximum atomic E-state index is 2.60. The summed E-state index contributed by atoms with van der Waals surface area (Å²) in [5.41, 5.74) is 1.39. The molecule has 0 aliphatic rings. The Kier molecular flexibility index (Phi) is 8.36. The molecule has 0 saturated carbocycles. The van der Waals surface area contributed by atoms with Gasteiger partial charge in [-0.3, -0.25) is 0 Å². The van der Waals surface area contributed by atoms with Crippen molar-refractivity contribution in [2.24, 2.45) is 0 Å². The highest BCUT2D eigenvalue weighted by Gasteiger charge is 2.13. The first kappa shape index (κ1) is 16.1. The maximum absolute atomic E-state index is 2.60. The molecule has 1 nitrogen and oxygen atoms in total. The van der Waals surface area contributed by atoms with Crippen molar-refractivity contribution in [1.82, 2.24) is 0 Å². The number of benzene rings is 1. The predicted molar refractivity (Wildman–Crippen MR) is 86.9 cm³/mol. The number of anilines is 1. The molecule has 0 aliphatic heterocycles. The number of hydrogen-bond donors (Lipinski definition) is 0. The standard InChI is InChI=1S/C18H31N/c1-4-6-8-12-16-19(17(3)13-7-5-2)18-14-10-9-11-15-18/h9-11,14-15,17H,4-8,12-13,16H2,1-3H3. The lowest BCUT2D eigenvalue weighted by Crippen LogP contribution is -2.34. The van der Waals surface area contributed by atoms with Crippen LogP contribution in [0.5, 0.6) is 0 Å². The third kappa shape index (κ3) is 6.13. The van der Waals surface area contributed by atoms with Crippen LogP contribution in [0.15, 0.2) is 30.3 Å². The van der Waals surface area contributed by atoms with Gasteiger partial charge < -0.3 is 4.90 Å². The highest BCUT2D eigenvalue weighted by atomic mass is 15.2. The molecule has 1 unspecified atom stereocenters. The van der Waals surface area contributed by atoms with Crippen LogP contribution in [0.25, 0.3) is 0 Å².